The third-order valence-electron chi connectivity index (χ3n) is 2.37. The number of thioether (sulfide) groups is 1. The van der Waals surface area contributed by atoms with Crippen molar-refractivity contribution in [3.8, 4) is 11.5 Å². The predicted molar refractivity (Wildman–Crippen MR) is 75.1 cm³/mol. The van der Waals surface area contributed by atoms with Crippen LogP contribution in [0.4, 0.5) is 4.39 Å². The quantitative estimate of drug-likeness (QED) is 0.699. The van der Waals surface area contributed by atoms with Gasteiger partial charge in [0.25, 0.3) is 0 Å². The van der Waals surface area contributed by atoms with E-state index in [0.717, 1.165) is 22.8 Å². The van der Waals surface area contributed by atoms with E-state index in [0.29, 0.717) is 5.75 Å². The van der Waals surface area contributed by atoms with Gasteiger partial charge >= 0.3 is 0 Å². The fourth-order valence-electron chi connectivity index (χ4n) is 1.57. The van der Waals surface area contributed by atoms with Crippen LogP contribution < -0.4 is 4.74 Å². The second-order valence-corrected chi connectivity index (χ2v) is 4.91. The Kier molecular flexibility index (Phi) is 5.09. The summed E-state index contributed by atoms with van der Waals surface area (Å²) in [6.45, 7) is -0.273. The van der Waals surface area contributed by atoms with E-state index in [2.05, 4.69) is 0 Å². The van der Waals surface area contributed by atoms with Crippen LogP contribution in [0.5, 0.6) is 11.5 Å². The van der Waals surface area contributed by atoms with E-state index in [1.54, 1.807) is 11.8 Å². The Morgan fingerprint density at radius 1 is 0.944 bits per heavy atom. The first kappa shape index (κ1) is 13.0. The number of halogens is 1. The summed E-state index contributed by atoms with van der Waals surface area (Å²) in [5.74, 6) is 3.00. The lowest BCUT2D eigenvalue weighted by Crippen LogP contribution is -1.87. The Labute approximate surface area is 111 Å². The minimum absolute atomic E-state index is 0.273. The maximum Gasteiger partial charge on any atom is 0.127 e. The van der Waals surface area contributed by atoms with Gasteiger partial charge < -0.3 is 4.74 Å². The summed E-state index contributed by atoms with van der Waals surface area (Å²) in [6.07, 6.45) is 0. The van der Waals surface area contributed by atoms with Gasteiger partial charge in [-0.3, -0.25) is 4.39 Å². The Morgan fingerprint density at radius 3 is 2.50 bits per heavy atom. The van der Waals surface area contributed by atoms with E-state index >= 15 is 0 Å². The summed E-state index contributed by atoms with van der Waals surface area (Å²) in [7, 11) is 0. The zero-order valence-electron chi connectivity index (χ0n) is 10.0. The zero-order valence-corrected chi connectivity index (χ0v) is 10.8. The van der Waals surface area contributed by atoms with Gasteiger partial charge in [0.15, 0.2) is 0 Å². The van der Waals surface area contributed by atoms with Gasteiger partial charge in [0.1, 0.15) is 11.5 Å². The van der Waals surface area contributed by atoms with E-state index < -0.39 is 0 Å². The second-order valence-electron chi connectivity index (χ2n) is 3.80. The van der Waals surface area contributed by atoms with Gasteiger partial charge in [-0.1, -0.05) is 30.3 Å². The SMILES string of the molecule is FCCSCc1cccc(Oc2ccccc2)c1. The molecule has 0 aromatic heterocycles. The minimum Gasteiger partial charge on any atom is -0.457 e. The number of alkyl halides is 1. The maximum atomic E-state index is 12.0. The fourth-order valence-corrected chi connectivity index (χ4v) is 2.24. The molecule has 18 heavy (non-hydrogen) atoms. The molecule has 0 saturated heterocycles. The molecule has 0 N–H and O–H groups in total. The summed E-state index contributed by atoms with van der Waals surface area (Å²) in [5.41, 5.74) is 1.15. The van der Waals surface area contributed by atoms with E-state index in [1.807, 2.05) is 54.6 Å². The van der Waals surface area contributed by atoms with Crippen LogP contribution in [0.1, 0.15) is 5.56 Å². The number of benzene rings is 2. The van der Waals surface area contributed by atoms with Crippen LogP contribution in [-0.4, -0.2) is 12.4 Å². The van der Waals surface area contributed by atoms with E-state index in [-0.39, 0.29) is 6.67 Å². The lowest BCUT2D eigenvalue weighted by Gasteiger charge is -2.07. The third-order valence-corrected chi connectivity index (χ3v) is 3.35. The fraction of sp³-hybridized carbons (Fsp3) is 0.200. The first-order valence-electron chi connectivity index (χ1n) is 5.84. The first-order valence-corrected chi connectivity index (χ1v) is 6.99. The Balaban J connectivity index is 1.99. The second kappa shape index (κ2) is 7.07. The van der Waals surface area contributed by atoms with E-state index in [1.165, 1.54) is 0 Å². The molecule has 1 nitrogen and oxygen atoms in total. The largest absolute Gasteiger partial charge is 0.457 e. The summed E-state index contributed by atoms with van der Waals surface area (Å²) in [5, 5.41) is 0. The average molecular weight is 262 g/mol. The van der Waals surface area contributed by atoms with Crippen molar-refractivity contribution in [1.82, 2.24) is 0 Å². The van der Waals surface area contributed by atoms with Gasteiger partial charge in [0.05, 0.1) is 6.67 Å². The number of para-hydroxylation sites is 1. The predicted octanol–water partition coefficient (Wildman–Crippen LogP) is 4.68. The highest BCUT2D eigenvalue weighted by molar-refractivity contribution is 7.98. The number of hydrogen-bond donors (Lipinski definition) is 0. The molecular formula is C15H15FOS. The molecule has 0 spiro atoms. The molecule has 0 bridgehead atoms. The molecule has 0 aliphatic heterocycles. The van der Waals surface area contributed by atoms with Gasteiger partial charge in [0.2, 0.25) is 0 Å². The molecule has 0 aliphatic rings. The summed E-state index contributed by atoms with van der Waals surface area (Å²) < 4.78 is 17.8. The molecule has 3 heteroatoms. The molecule has 0 amide bonds. The number of rotatable bonds is 6. The van der Waals surface area contributed by atoms with Crippen molar-refractivity contribution < 1.29 is 9.13 Å². The first-order chi connectivity index (χ1) is 8.88. The summed E-state index contributed by atoms with van der Waals surface area (Å²) in [4.78, 5) is 0. The molecule has 2 rings (SSSR count). The molecule has 0 unspecified atom stereocenters. The molecule has 0 fully saturated rings. The Morgan fingerprint density at radius 2 is 1.72 bits per heavy atom. The summed E-state index contributed by atoms with van der Waals surface area (Å²) >= 11 is 1.59. The lowest BCUT2D eigenvalue weighted by molar-refractivity contribution is 0.482. The molecule has 94 valence electrons. The van der Waals surface area contributed by atoms with Crippen LogP contribution in [0.3, 0.4) is 0 Å². The maximum absolute atomic E-state index is 12.0. The molecule has 0 heterocycles. The third kappa shape index (κ3) is 4.08. The lowest BCUT2D eigenvalue weighted by atomic mass is 10.2. The smallest absolute Gasteiger partial charge is 0.127 e. The molecule has 2 aromatic carbocycles. The van der Waals surface area contributed by atoms with Crippen molar-refractivity contribution in [2.75, 3.05) is 12.4 Å². The van der Waals surface area contributed by atoms with Gasteiger partial charge in [-0.2, -0.15) is 11.8 Å². The van der Waals surface area contributed by atoms with E-state index in [9.17, 15) is 4.39 Å². The highest BCUT2D eigenvalue weighted by Crippen LogP contribution is 2.23. The molecule has 0 atom stereocenters. The molecular weight excluding hydrogens is 247 g/mol. The Bertz CT molecular complexity index is 473. The van der Waals surface area contributed by atoms with Gasteiger partial charge in [-0.15, -0.1) is 0 Å². The van der Waals surface area contributed by atoms with Crippen LogP contribution in [-0.2, 0) is 5.75 Å². The minimum atomic E-state index is -0.273. The normalized spacial score (nSPS) is 10.3. The van der Waals surface area contributed by atoms with Crippen molar-refractivity contribution in [1.29, 1.82) is 0 Å². The highest BCUT2D eigenvalue weighted by atomic mass is 32.2. The number of ether oxygens (including phenoxy) is 1. The van der Waals surface area contributed by atoms with Gasteiger partial charge in [0, 0.05) is 11.5 Å². The van der Waals surface area contributed by atoms with Crippen LogP contribution in [0.15, 0.2) is 54.6 Å². The van der Waals surface area contributed by atoms with Gasteiger partial charge in [-0.05, 0) is 29.8 Å². The molecule has 0 aliphatic carbocycles. The summed E-state index contributed by atoms with van der Waals surface area (Å²) in [6, 6.07) is 17.6. The topological polar surface area (TPSA) is 9.23 Å². The van der Waals surface area contributed by atoms with Crippen molar-refractivity contribution in [2.45, 2.75) is 5.75 Å². The zero-order chi connectivity index (χ0) is 12.6. The average Bonchev–Trinajstić information content (AvgIpc) is 2.41. The van der Waals surface area contributed by atoms with Gasteiger partial charge in [-0.25, -0.2) is 0 Å². The van der Waals surface area contributed by atoms with Crippen molar-refractivity contribution in [2.24, 2.45) is 0 Å². The van der Waals surface area contributed by atoms with Crippen molar-refractivity contribution in [3.63, 3.8) is 0 Å². The molecule has 2 aromatic rings. The Hall–Kier alpha value is -1.48. The number of hydrogen-bond acceptors (Lipinski definition) is 2. The van der Waals surface area contributed by atoms with E-state index in [4.69, 9.17) is 4.74 Å². The molecule has 0 radical (unpaired) electrons. The monoisotopic (exact) mass is 262 g/mol. The van der Waals surface area contributed by atoms with Crippen LogP contribution in [0.25, 0.3) is 0 Å². The van der Waals surface area contributed by atoms with Crippen LogP contribution in [0.2, 0.25) is 0 Å². The molecule has 0 saturated carbocycles. The van der Waals surface area contributed by atoms with Crippen molar-refractivity contribution in [3.05, 3.63) is 60.2 Å². The van der Waals surface area contributed by atoms with Crippen LogP contribution >= 0.6 is 11.8 Å². The standard InChI is InChI=1S/C15H15FOS/c16-9-10-18-12-13-5-4-8-15(11-13)17-14-6-2-1-3-7-14/h1-8,11H,9-10,12H2. The highest BCUT2D eigenvalue weighted by Gasteiger charge is 1.99. The van der Waals surface area contributed by atoms with Crippen LogP contribution in [0, 0.1) is 0 Å². The van der Waals surface area contributed by atoms with Crippen molar-refractivity contribution >= 4 is 11.8 Å².